The highest BCUT2D eigenvalue weighted by molar-refractivity contribution is 9.10. The first-order chi connectivity index (χ1) is 9.99. The summed E-state index contributed by atoms with van der Waals surface area (Å²) in [7, 11) is 0. The molecule has 2 aromatic rings. The van der Waals surface area contributed by atoms with E-state index in [4.69, 9.17) is 4.74 Å². The lowest BCUT2D eigenvalue weighted by atomic mass is 10.2. The third-order valence-electron chi connectivity index (χ3n) is 2.61. The number of non-ortho nitro benzene ring substituents is 1. The van der Waals surface area contributed by atoms with Crippen molar-refractivity contribution in [2.75, 3.05) is 11.9 Å². The van der Waals surface area contributed by atoms with Crippen molar-refractivity contribution in [3.63, 3.8) is 0 Å². The standard InChI is InChI=1S/C14H12BrFN2O3/c1-2-17-9-5-10(18(19)20)7-12(6-9)21-11-3-4-14(16)13(15)8-11/h3-8,17H,2H2,1H3. The van der Waals surface area contributed by atoms with Gasteiger partial charge in [0, 0.05) is 24.4 Å². The molecule has 0 spiro atoms. The van der Waals surface area contributed by atoms with E-state index < -0.39 is 10.7 Å². The Bertz CT molecular complexity index is 679. The van der Waals surface area contributed by atoms with Gasteiger partial charge in [-0.05, 0) is 41.1 Å². The van der Waals surface area contributed by atoms with Gasteiger partial charge in [0.05, 0.1) is 15.5 Å². The maximum absolute atomic E-state index is 13.2. The van der Waals surface area contributed by atoms with Gasteiger partial charge in [-0.15, -0.1) is 0 Å². The average Bonchev–Trinajstić information content (AvgIpc) is 2.43. The van der Waals surface area contributed by atoms with Crippen LogP contribution in [0.2, 0.25) is 0 Å². The summed E-state index contributed by atoms with van der Waals surface area (Å²) in [6, 6.07) is 8.55. The van der Waals surface area contributed by atoms with Gasteiger partial charge < -0.3 is 10.1 Å². The van der Waals surface area contributed by atoms with E-state index in [9.17, 15) is 14.5 Å². The van der Waals surface area contributed by atoms with E-state index >= 15 is 0 Å². The van der Waals surface area contributed by atoms with Crippen LogP contribution in [-0.4, -0.2) is 11.5 Å². The molecule has 0 aliphatic rings. The second kappa shape index (κ2) is 6.53. The number of nitrogens with one attached hydrogen (secondary N) is 1. The molecule has 0 atom stereocenters. The van der Waals surface area contributed by atoms with Crippen molar-refractivity contribution < 1.29 is 14.1 Å². The van der Waals surface area contributed by atoms with Crippen molar-refractivity contribution in [3.05, 3.63) is 56.8 Å². The summed E-state index contributed by atoms with van der Waals surface area (Å²) in [6.45, 7) is 2.51. The van der Waals surface area contributed by atoms with Crippen molar-refractivity contribution in [3.8, 4) is 11.5 Å². The second-order valence-electron chi connectivity index (χ2n) is 4.18. The molecule has 7 heteroatoms. The predicted octanol–water partition coefficient (Wildman–Crippen LogP) is 4.72. The number of halogens is 2. The van der Waals surface area contributed by atoms with Crippen molar-refractivity contribution in [1.29, 1.82) is 0 Å². The van der Waals surface area contributed by atoms with E-state index in [2.05, 4.69) is 21.2 Å². The molecule has 2 rings (SSSR count). The van der Waals surface area contributed by atoms with Crippen LogP contribution in [0.5, 0.6) is 11.5 Å². The summed E-state index contributed by atoms with van der Waals surface area (Å²) in [4.78, 5) is 10.4. The Labute approximate surface area is 129 Å². The Morgan fingerprint density at radius 1 is 1.29 bits per heavy atom. The maximum Gasteiger partial charge on any atom is 0.275 e. The fourth-order valence-electron chi connectivity index (χ4n) is 1.73. The lowest BCUT2D eigenvalue weighted by Gasteiger charge is -2.09. The Morgan fingerprint density at radius 3 is 2.67 bits per heavy atom. The molecule has 0 saturated carbocycles. The first-order valence-electron chi connectivity index (χ1n) is 6.16. The number of hydrogen-bond acceptors (Lipinski definition) is 4. The molecule has 0 saturated heterocycles. The van der Waals surface area contributed by atoms with Crippen LogP contribution < -0.4 is 10.1 Å². The molecular weight excluding hydrogens is 343 g/mol. The topological polar surface area (TPSA) is 64.4 Å². The highest BCUT2D eigenvalue weighted by Crippen LogP contribution is 2.31. The second-order valence-corrected chi connectivity index (χ2v) is 5.04. The van der Waals surface area contributed by atoms with E-state index in [-0.39, 0.29) is 10.2 Å². The van der Waals surface area contributed by atoms with Crippen LogP contribution in [0.3, 0.4) is 0 Å². The first kappa shape index (κ1) is 15.2. The van der Waals surface area contributed by atoms with Gasteiger partial charge in [-0.2, -0.15) is 0 Å². The van der Waals surface area contributed by atoms with Crippen molar-refractivity contribution in [2.45, 2.75) is 6.92 Å². The number of anilines is 1. The average molecular weight is 355 g/mol. The van der Waals surface area contributed by atoms with Gasteiger partial charge in [0.2, 0.25) is 0 Å². The lowest BCUT2D eigenvalue weighted by Crippen LogP contribution is -1.98. The predicted molar refractivity (Wildman–Crippen MR) is 81.4 cm³/mol. The molecule has 1 N–H and O–H groups in total. The van der Waals surface area contributed by atoms with Gasteiger partial charge >= 0.3 is 0 Å². The minimum atomic E-state index is -0.492. The van der Waals surface area contributed by atoms with Gasteiger partial charge in [-0.25, -0.2) is 4.39 Å². The van der Waals surface area contributed by atoms with Gasteiger partial charge in [-0.1, -0.05) is 0 Å². The molecule has 0 bridgehead atoms. The van der Waals surface area contributed by atoms with Crippen molar-refractivity contribution in [1.82, 2.24) is 0 Å². The molecule has 0 aromatic heterocycles. The quantitative estimate of drug-likeness (QED) is 0.623. The van der Waals surface area contributed by atoms with E-state index in [0.717, 1.165) is 0 Å². The van der Waals surface area contributed by atoms with E-state index in [1.165, 1.54) is 30.3 Å². The summed E-state index contributed by atoms with van der Waals surface area (Å²) in [5, 5.41) is 13.9. The minimum absolute atomic E-state index is 0.0790. The zero-order valence-corrected chi connectivity index (χ0v) is 12.7. The van der Waals surface area contributed by atoms with Crippen molar-refractivity contribution >= 4 is 27.3 Å². The van der Waals surface area contributed by atoms with Crippen LogP contribution in [0.1, 0.15) is 6.92 Å². The Morgan fingerprint density at radius 2 is 2.05 bits per heavy atom. The van der Waals surface area contributed by atoms with E-state index in [0.29, 0.717) is 23.7 Å². The number of nitro benzene ring substituents is 1. The molecule has 0 fully saturated rings. The highest BCUT2D eigenvalue weighted by atomic mass is 79.9. The fraction of sp³-hybridized carbons (Fsp3) is 0.143. The van der Waals surface area contributed by atoms with Crippen LogP contribution in [0.4, 0.5) is 15.8 Å². The molecule has 0 radical (unpaired) electrons. The molecule has 0 heterocycles. The number of hydrogen-bond donors (Lipinski definition) is 1. The lowest BCUT2D eigenvalue weighted by molar-refractivity contribution is -0.384. The summed E-state index contributed by atoms with van der Waals surface area (Å²) in [5.41, 5.74) is 0.507. The highest BCUT2D eigenvalue weighted by Gasteiger charge is 2.11. The van der Waals surface area contributed by atoms with Crippen LogP contribution in [0.25, 0.3) is 0 Å². The first-order valence-corrected chi connectivity index (χ1v) is 6.95. The van der Waals surface area contributed by atoms with Crippen LogP contribution in [-0.2, 0) is 0 Å². The van der Waals surface area contributed by atoms with Crippen molar-refractivity contribution in [2.24, 2.45) is 0 Å². The normalized spacial score (nSPS) is 10.2. The van der Waals surface area contributed by atoms with Crippen LogP contribution in [0, 0.1) is 15.9 Å². The monoisotopic (exact) mass is 354 g/mol. The molecular formula is C14H12BrFN2O3. The van der Waals surface area contributed by atoms with E-state index in [1.54, 1.807) is 6.07 Å². The zero-order chi connectivity index (χ0) is 15.4. The number of nitro groups is 1. The molecule has 5 nitrogen and oxygen atoms in total. The molecule has 110 valence electrons. The summed E-state index contributed by atoms with van der Waals surface area (Å²) in [6.07, 6.45) is 0. The smallest absolute Gasteiger partial charge is 0.275 e. The molecule has 2 aromatic carbocycles. The summed E-state index contributed by atoms with van der Waals surface area (Å²) in [5.74, 6) is 0.277. The molecule has 0 aliphatic carbocycles. The summed E-state index contributed by atoms with van der Waals surface area (Å²) >= 11 is 3.06. The Kier molecular flexibility index (Phi) is 4.74. The molecule has 21 heavy (non-hydrogen) atoms. The fourth-order valence-corrected chi connectivity index (χ4v) is 2.09. The van der Waals surface area contributed by atoms with Gasteiger partial charge in [0.15, 0.2) is 0 Å². The van der Waals surface area contributed by atoms with Gasteiger partial charge in [0.1, 0.15) is 17.3 Å². The molecule has 0 aliphatic heterocycles. The van der Waals surface area contributed by atoms with Gasteiger partial charge in [0.25, 0.3) is 5.69 Å². The third kappa shape index (κ3) is 3.91. The summed E-state index contributed by atoms with van der Waals surface area (Å²) < 4.78 is 19.0. The maximum atomic E-state index is 13.2. The van der Waals surface area contributed by atoms with Crippen LogP contribution in [0.15, 0.2) is 40.9 Å². The number of rotatable bonds is 5. The SMILES string of the molecule is CCNc1cc(Oc2ccc(F)c(Br)c2)cc([N+](=O)[O-])c1. The van der Waals surface area contributed by atoms with E-state index in [1.807, 2.05) is 6.92 Å². The minimum Gasteiger partial charge on any atom is -0.457 e. The Hall–Kier alpha value is -2.15. The number of ether oxygens (including phenoxy) is 1. The molecule has 0 amide bonds. The van der Waals surface area contributed by atoms with Gasteiger partial charge in [-0.3, -0.25) is 10.1 Å². The zero-order valence-electron chi connectivity index (χ0n) is 11.1. The number of benzene rings is 2. The largest absolute Gasteiger partial charge is 0.457 e. The number of nitrogens with zero attached hydrogens (tertiary/aromatic N) is 1. The molecule has 0 unspecified atom stereocenters. The van der Waals surface area contributed by atoms with Crippen LogP contribution >= 0.6 is 15.9 Å². The third-order valence-corrected chi connectivity index (χ3v) is 3.22. The Balaban J connectivity index is 2.33.